The summed E-state index contributed by atoms with van der Waals surface area (Å²) in [7, 11) is 0. The lowest BCUT2D eigenvalue weighted by atomic mass is 9.63. The zero-order valence-electron chi connectivity index (χ0n) is 81.4. The maximum atomic E-state index is 2.82. The Hall–Kier alpha value is -12.5. The van der Waals surface area contributed by atoms with E-state index in [0.717, 1.165) is 38.5 Å². The first-order valence-electron chi connectivity index (χ1n) is 52.5. The number of rotatable bonds is 42. The summed E-state index contributed by atoms with van der Waals surface area (Å²) in [5, 5.41) is 0. The first-order chi connectivity index (χ1) is 66.7. The van der Waals surface area contributed by atoms with Gasteiger partial charge in [0.15, 0.2) is 0 Å². The average molecular weight is 1760 g/mol. The molecule has 135 heavy (non-hydrogen) atoms. The third-order valence-corrected chi connectivity index (χ3v) is 31.4. The summed E-state index contributed by atoms with van der Waals surface area (Å²) in [5.41, 5.74) is 48.9. The summed E-state index contributed by atoms with van der Waals surface area (Å²) in [6.45, 7) is 14.5. The number of hydrogen-bond acceptors (Lipinski definition) is 0. The Bertz CT molecular complexity index is 6570. The van der Waals surface area contributed by atoms with Crippen molar-refractivity contribution in [2.75, 3.05) is 0 Å². The lowest BCUT2D eigenvalue weighted by Crippen LogP contribution is -2.31. The zero-order valence-corrected chi connectivity index (χ0v) is 81.4. The maximum Gasteiger partial charge on any atom is 0.0221 e. The minimum Gasteiger partial charge on any atom is -0.0654 e. The molecule has 16 aromatic rings. The highest BCUT2D eigenvalue weighted by Crippen LogP contribution is 2.73. The van der Waals surface area contributed by atoms with Crippen LogP contribution in [-0.2, 0) is 16.2 Å². The number of hydrogen-bond donors (Lipinski definition) is 0. The van der Waals surface area contributed by atoms with Crippen LogP contribution in [0.1, 0.15) is 268 Å². The van der Waals surface area contributed by atoms with Gasteiger partial charge in [-0.15, -0.1) is 0 Å². The summed E-state index contributed by atoms with van der Waals surface area (Å²) in [6.07, 6.45) is 36.2. The van der Waals surface area contributed by atoms with E-state index in [9.17, 15) is 0 Å². The van der Waals surface area contributed by atoms with Crippen molar-refractivity contribution < 1.29 is 0 Å². The van der Waals surface area contributed by atoms with Crippen LogP contribution in [0.15, 0.2) is 364 Å². The predicted octanol–water partition coefficient (Wildman–Crippen LogP) is 40.3. The van der Waals surface area contributed by atoms with Gasteiger partial charge in [-0.2, -0.15) is 0 Å². The highest BCUT2D eigenvalue weighted by Gasteiger charge is 2.58. The Morgan fingerprint density at radius 1 is 0.133 bits per heavy atom. The summed E-state index contributed by atoms with van der Waals surface area (Å²) in [6, 6.07) is 141. The lowest BCUT2D eigenvalue weighted by molar-refractivity contribution is 0.389. The SMILES string of the molecule is CCCCCCC1(CCCCCC)c2cc(-c3ccc(-c4ccc(-c5ccc(-c6ccccc6)cc5)cc4)cc3)ccc2-c2c1c1c(c3c2C(CCCCCC)(CCCCCC)c2cccc(-c4ccc(-c5ccc(-c6ccc(-c7ccccc7)cc6)cc5)cc4)c2-3)C(CCCCCC)(CCCCCC)c2ccc(-c3ccc(-c4ccc(-c5ccc(-c6ccccc6)cc5)cc4)cc3)cc2-1. The first kappa shape index (κ1) is 91.6. The van der Waals surface area contributed by atoms with Crippen LogP contribution in [-0.4, -0.2) is 0 Å². The number of fused-ring (bicyclic) bond motifs is 12. The molecule has 0 nitrogen and oxygen atoms in total. The van der Waals surface area contributed by atoms with E-state index < -0.39 is 0 Å². The van der Waals surface area contributed by atoms with Crippen LogP contribution >= 0.6 is 0 Å². The number of benzene rings is 16. The molecule has 0 N–H and O–H groups in total. The van der Waals surface area contributed by atoms with E-state index in [-0.39, 0.29) is 16.2 Å². The molecule has 0 saturated heterocycles. The molecule has 0 atom stereocenters. The van der Waals surface area contributed by atoms with Crippen LogP contribution in [0.4, 0.5) is 0 Å². The van der Waals surface area contributed by atoms with Crippen molar-refractivity contribution in [3.05, 3.63) is 397 Å². The number of unbranched alkanes of at least 4 members (excludes halogenated alkanes) is 18. The molecule has 0 unspecified atom stereocenters. The third-order valence-electron chi connectivity index (χ3n) is 31.4. The smallest absolute Gasteiger partial charge is 0.0221 e. The molecule has 3 aliphatic rings. The van der Waals surface area contributed by atoms with Crippen LogP contribution < -0.4 is 0 Å². The van der Waals surface area contributed by atoms with Gasteiger partial charge < -0.3 is 0 Å². The Morgan fingerprint density at radius 3 is 0.644 bits per heavy atom. The summed E-state index contributed by atoms with van der Waals surface area (Å²) in [4.78, 5) is 0. The Labute approximate surface area is 809 Å². The fraction of sp³-hybridized carbons (Fsp3) is 0.289. The maximum absolute atomic E-state index is 2.82. The molecule has 0 amide bonds. The minimum absolute atomic E-state index is 0.255. The molecule has 0 heteroatoms. The molecule has 0 aliphatic heterocycles. The highest BCUT2D eigenvalue weighted by molar-refractivity contribution is 6.09. The van der Waals surface area contributed by atoms with Gasteiger partial charge in [0.25, 0.3) is 0 Å². The second kappa shape index (κ2) is 42.6. The van der Waals surface area contributed by atoms with E-state index in [2.05, 4.69) is 406 Å². The fourth-order valence-electron chi connectivity index (χ4n) is 24.2. The molecule has 16 aromatic carbocycles. The normalized spacial score (nSPS) is 13.3. The van der Waals surface area contributed by atoms with Gasteiger partial charge >= 0.3 is 0 Å². The summed E-state index contributed by atoms with van der Waals surface area (Å²) >= 11 is 0. The second-order valence-electron chi connectivity index (χ2n) is 39.9. The van der Waals surface area contributed by atoms with E-state index in [1.54, 1.807) is 55.6 Å². The minimum atomic E-state index is -0.282. The van der Waals surface area contributed by atoms with Gasteiger partial charge in [0.05, 0.1) is 0 Å². The van der Waals surface area contributed by atoms with E-state index in [1.807, 2.05) is 0 Å². The zero-order chi connectivity index (χ0) is 91.9. The van der Waals surface area contributed by atoms with E-state index in [1.165, 1.54) is 299 Å². The van der Waals surface area contributed by atoms with Crippen LogP contribution in [0.25, 0.3) is 167 Å². The lowest BCUT2D eigenvalue weighted by Gasteiger charge is -2.40. The van der Waals surface area contributed by atoms with Crippen LogP contribution in [0, 0.1) is 0 Å². The molecule has 0 fully saturated rings. The van der Waals surface area contributed by atoms with Gasteiger partial charge in [0, 0.05) is 16.2 Å². The van der Waals surface area contributed by atoms with Crippen molar-refractivity contribution in [1.82, 2.24) is 0 Å². The first-order valence-corrected chi connectivity index (χ1v) is 52.5. The summed E-state index contributed by atoms with van der Waals surface area (Å²) in [5.74, 6) is 0. The van der Waals surface area contributed by atoms with E-state index >= 15 is 0 Å². The van der Waals surface area contributed by atoms with Gasteiger partial charge in [0.2, 0.25) is 0 Å². The molecule has 0 aromatic heterocycles. The fourth-order valence-corrected chi connectivity index (χ4v) is 24.2. The van der Waals surface area contributed by atoms with Crippen LogP contribution in [0.5, 0.6) is 0 Å². The van der Waals surface area contributed by atoms with Crippen molar-refractivity contribution in [2.24, 2.45) is 0 Å². The highest BCUT2D eigenvalue weighted by atomic mass is 14.6. The van der Waals surface area contributed by atoms with Gasteiger partial charge in [-0.1, -0.05) is 547 Å². The summed E-state index contributed by atoms with van der Waals surface area (Å²) < 4.78 is 0. The topological polar surface area (TPSA) is 0 Å². The molecule has 0 bridgehead atoms. The average Bonchev–Trinajstić information content (AvgIpc) is 1.48. The second-order valence-corrected chi connectivity index (χ2v) is 39.9. The van der Waals surface area contributed by atoms with Crippen molar-refractivity contribution in [3.8, 4) is 167 Å². The van der Waals surface area contributed by atoms with E-state index in [0.29, 0.717) is 0 Å². The van der Waals surface area contributed by atoms with Crippen molar-refractivity contribution in [1.29, 1.82) is 0 Å². The van der Waals surface area contributed by atoms with Gasteiger partial charge in [-0.3, -0.25) is 0 Å². The monoisotopic (exact) mass is 1760 g/mol. The molecule has 3 aliphatic carbocycles. The Kier molecular flexibility index (Phi) is 28.9. The van der Waals surface area contributed by atoms with Crippen molar-refractivity contribution >= 4 is 0 Å². The Morgan fingerprint density at radius 2 is 0.356 bits per heavy atom. The molecule has 678 valence electrons. The Balaban J connectivity index is 0.823. The molecule has 19 rings (SSSR count). The van der Waals surface area contributed by atoms with Crippen LogP contribution in [0.3, 0.4) is 0 Å². The van der Waals surface area contributed by atoms with Gasteiger partial charge in [0.1, 0.15) is 0 Å². The van der Waals surface area contributed by atoms with Crippen molar-refractivity contribution in [2.45, 2.75) is 250 Å². The van der Waals surface area contributed by atoms with E-state index in [4.69, 9.17) is 0 Å². The molecule has 0 radical (unpaired) electrons. The molecular weight excluding hydrogens is 1620 g/mol. The molecule has 0 saturated carbocycles. The standard InChI is InChI=1S/C135H138/c1-7-13-19-34-89-133(90-35-20-14-8-2)123-88-86-118(115-77-73-112(74-78-115)109-65-61-106(62-66-109)103-55-49-100(50-56-103)97-41-28-25-29-42-97)95-122(123)128-130-127(121-87-85-119(96-125(121)135(130,93-38-23-17-11-5)94-39-24-18-12-6)116-79-75-113(76-80-116)110-67-63-107(64-68-110)104-57-51-101(52-58-104)98-43-30-26-31-44-98)131-129(132(128)133)126-120(47-40-48-124(126)134(131,91-36-21-15-9-3)92-37-22-16-10-4)117-83-81-114(82-84-117)111-71-69-108(70-72-111)105-59-53-102(54-60-105)99-45-32-27-33-46-99/h25-33,40-88,95-96H,7-24,34-39,89-94H2,1-6H3. The molecule has 0 heterocycles. The largest absolute Gasteiger partial charge is 0.0654 e. The molecule has 0 spiro atoms. The molecular formula is C135H138. The third kappa shape index (κ3) is 18.8. The van der Waals surface area contributed by atoms with Gasteiger partial charge in [-0.25, -0.2) is 0 Å². The quantitative estimate of drug-likeness (QED) is 0.0335. The van der Waals surface area contributed by atoms with Gasteiger partial charge in [-0.05, 0) is 251 Å². The predicted molar refractivity (Wildman–Crippen MR) is 583 cm³/mol. The van der Waals surface area contributed by atoms with Crippen LogP contribution in [0.2, 0.25) is 0 Å². The van der Waals surface area contributed by atoms with Crippen molar-refractivity contribution in [3.63, 3.8) is 0 Å².